The van der Waals surface area contributed by atoms with Crippen molar-refractivity contribution in [3.05, 3.63) is 100 Å². The highest BCUT2D eigenvalue weighted by molar-refractivity contribution is 6.32. The van der Waals surface area contributed by atoms with Crippen molar-refractivity contribution in [1.82, 2.24) is 10.2 Å². The highest BCUT2D eigenvalue weighted by atomic mass is 35.5. The van der Waals surface area contributed by atoms with Crippen molar-refractivity contribution in [1.29, 1.82) is 0 Å². The second kappa shape index (κ2) is 8.26. The number of aromatic nitrogens is 2. The summed E-state index contributed by atoms with van der Waals surface area (Å²) in [5.41, 5.74) is 8.32. The van der Waals surface area contributed by atoms with Crippen LogP contribution in [0.3, 0.4) is 0 Å². The Balaban J connectivity index is 1.98. The monoisotopic (exact) mass is 400 g/mol. The van der Waals surface area contributed by atoms with Crippen molar-refractivity contribution in [2.75, 3.05) is 0 Å². The third-order valence-electron chi connectivity index (χ3n) is 5.45. The molecule has 0 aliphatic rings. The van der Waals surface area contributed by atoms with Crippen molar-refractivity contribution in [2.24, 2.45) is 0 Å². The summed E-state index contributed by atoms with van der Waals surface area (Å²) in [5, 5.41) is 9.11. The van der Waals surface area contributed by atoms with Crippen LogP contribution in [0.1, 0.15) is 55.4 Å². The molecule has 3 aromatic carbocycles. The van der Waals surface area contributed by atoms with E-state index in [1.54, 1.807) is 0 Å². The molecule has 2 nitrogen and oxygen atoms in total. The lowest BCUT2D eigenvalue weighted by Gasteiger charge is -2.18. The van der Waals surface area contributed by atoms with Crippen LogP contribution in [0.25, 0.3) is 22.0 Å². The topological polar surface area (TPSA) is 28.7 Å². The zero-order chi connectivity index (χ0) is 20.4. The summed E-state index contributed by atoms with van der Waals surface area (Å²) in [6.07, 6.45) is 2.76. The molecule has 0 amide bonds. The van der Waals surface area contributed by atoms with E-state index in [1.807, 2.05) is 18.3 Å². The minimum Gasteiger partial charge on any atom is -0.278 e. The Morgan fingerprint density at radius 1 is 0.966 bits per heavy atom. The Kier molecular flexibility index (Phi) is 5.55. The number of nitrogens with zero attached hydrogens (tertiary/aromatic N) is 1. The van der Waals surface area contributed by atoms with Crippen molar-refractivity contribution < 1.29 is 0 Å². The molecule has 29 heavy (non-hydrogen) atoms. The van der Waals surface area contributed by atoms with Gasteiger partial charge >= 0.3 is 0 Å². The predicted molar refractivity (Wildman–Crippen MR) is 124 cm³/mol. The molecule has 1 N–H and O–H groups in total. The average molecular weight is 401 g/mol. The van der Waals surface area contributed by atoms with Gasteiger partial charge in [0.2, 0.25) is 0 Å². The summed E-state index contributed by atoms with van der Waals surface area (Å²) < 4.78 is 0. The van der Waals surface area contributed by atoms with E-state index in [4.69, 9.17) is 11.6 Å². The first kappa shape index (κ1) is 19.5. The van der Waals surface area contributed by atoms with Gasteiger partial charge in [0.05, 0.1) is 11.7 Å². The van der Waals surface area contributed by atoms with Crippen molar-refractivity contribution in [2.45, 2.75) is 33.1 Å². The fourth-order valence-corrected chi connectivity index (χ4v) is 4.11. The maximum Gasteiger partial charge on any atom is 0.0650 e. The molecule has 146 valence electrons. The summed E-state index contributed by atoms with van der Waals surface area (Å²) in [6, 6.07) is 23.5. The van der Waals surface area contributed by atoms with Crippen LogP contribution in [0, 0.1) is 0 Å². The van der Waals surface area contributed by atoms with Crippen molar-refractivity contribution >= 4 is 33.7 Å². The molecule has 0 saturated carbocycles. The van der Waals surface area contributed by atoms with E-state index in [2.05, 4.69) is 85.6 Å². The van der Waals surface area contributed by atoms with E-state index in [1.165, 1.54) is 27.8 Å². The molecule has 1 aromatic heterocycles. The van der Waals surface area contributed by atoms with Gasteiger partial charge < -0.3 is 0 Å². The molecule has 0 saturated heterocycles. The van der Waals surface area contributed by atoms with Gasteiger partial charge in [-0.3, -0.25) is 5.10 Å². The molecule has 0 spiro atoms. The molecule has 1 heterocycles. The van der Waals surface area contributed by atoms with Gasteiger partial charge in [-0.15, -0.1) is 0 Å². The van der Waals surface area contributed by atoms with Crippen LogP contribution in [0.15, 0.2) is 72.9 Å². The molecule has 0 bridgehead atoms. The van der Waals surface area contributed by atoms with Crippen LogP contribution in [0.4, 0.5) is 0 Å². The number of hydrogen-bond acceptors (Lipinski definition) is 1. The van der Waals surface area contributed by atoms with Crippen LogP contribution in [-0.4, -0.2) is 10.2 Å². The predicted octanol–water partition coefficient (Wildman–Crippen LogP) is 7.71. The maximum absolute atomic E-state index is 6.61. The molecule has 0 atom stereocenters. The molecule has 3 heteroatoms. The number of benzene rings is 3. The zero-order valence-corrected chi connectivity index (χ0v) is 17.8. The quantitative estimate of drug-likeness (QED) is 0.341. The third kappa shape index (κ3) is 3.86. The van der Waals surface area contributed by atoms with E-state index < -0.39 is 0 Å². The Bertz CT molecular complexity index is 1170. The molecule has 0 aliphatic heterocycles. The second-order valence-corrected chi connectivity index (χ2v) is 8.04. The lowest BCUT2D eigenvalue weighted by molar-refractivity contribution is 0.866. The van der Waals surface area contributed by atoms with Gasteiger partial charge in [0.25, 0.3) is 0 Å². The lowest BCUT2D eigenvalue weighted by Crippen LogP contribution is -1.97. The number of H-pyrrole nitrogens is 1. The number of halogens is 1. The largest absolute Gasteiger partial charge is 0.278 e. The number of fused-ring (bicyclic) bond motifs is 1. The first-order valence-corrected chi connectivity index (χ1v) is 10.5. The molecule has 4 aromatic rings. The summed E-state index contributed by atoms with van der Waals surface area (Å²) >= 11 is 6.61. The number of nitrogens with one attached hydrogen (secondary N) is 1. The highest BCUT2D eigenvalue weighted by Gasteiger charge is 2.16. The molecule has 0 aliphatic carbocycles. The normalized spacial score (nSPS) is 12.4. The summed E-state index contributed by atoms with van der Waals surface area (Å²) in [4.78, 5) is 0. The molecular formula is C26H25ClN2. The third-order valence-corrected chi connectivity index (χ3v) is 5.78. The van der Waals surface area contributed by atoms with E-state index in [0.29, 0.717) is 5.92 Å². The molecule has 0 fully saturated rings. The summed E-state index contributed by atoms with van der Waals surface area (Å²) in [6.45, 7) is 6.64. The summed E-state index contributed by atoms with van der Waals surface area (Å²) in [7, 11) is 0. The fraction of sp³-hybridized carbons (Fsp3) is 0.192. The Morgan fingerprint density at radius 2 is 1.69 bits per heavy atom. The maximum atomic E-state index is 6.61. The summed E-state index contributed by atoms with van der Waals surface area (Å²) in [5.74, 6) is 0.507. The van der Waals surface area contributed by atoms with Crippen LogP contribution in [-0.2, 0) is 0 Å². The standard InChI is InChI=1S/C26H25ClN2/c1-4-22(23-7-5-6-8-24(23)27)26(19-11-9-18(10-12-19)17(2)3)20-13-14-25-21(15-20)16-28-29-25/h5-17H,4H2,1-3H3,(H,28,29)/b26-22+. The SMILES string of the molecule is CC/C(=C(/c1ccc(C(C)C)cc1)c1ccc2[nH]ncc2c1)c1ccccc1Cl. The molecular weight excluding hydrogens is 376 g/mol. The lowest BCUT2D eigenvalue weighted by atomic mass is 9.87. The molecule has 0 radical (unpaired) electrons. The van der Waals surface area contributed by atoms with E-state index >= 15 is 0 Å². The van der Waals surface area contributed by atoms with Gasteiger partial charge in [-0.05, 0) is 63.9 Å². The van der Waals surface area contributed by atoms with E-state index in [-0.39, 0.29) is 0 Å². The van der Waals surface area contributed by atoms with Gasteiger partial charge in [0.1, 0.15) is 0 Å². The minimum absolute atomic E-state index is 0.507. The van der Waals surface area contributed by atoms with Crippen LogP contribution in [0.2, 0.25) is 5.02 Å². The smallest absolute Gasteiger partial charge is 0.0650 e. The average Bonchev–Trinajstić information content (AvgIpc) is 3.20. The van der Waals surface area contributed by atoms with Gasteiger partial charge in [-0.1, -0.05) is 80.9 Å². The van der Waals surface area contributed by atoms with Crippen LogP contribution in [0.5, 0.6) is 0 Å². The van der Waals surface area contributed by atoms with Crippen LogP contribution >= 0.6 is 11.6 Å². The first-order valence-electron chi connectivity index (χ1n) is 10.1. The Labute approximate surface area is 177 Å². The zero-order valence-electron chi connectivity index (χ0n) is 17.0. The van der Waals surface area contributed by atoms with Crippen molar-refractivity contribution in [3.63, 3.8) is 0 Å². The number of rotatable bonds is 5. The van der Waals surface area contributed by atoms with Gasteiger partial charge in [0, 0.05) is 10.4 Å². The first-order chi connectivity index (χ1) is 14.1. The number of allylic oxidation sites excluding steroid dienone is 1. The van der Waals surface area contributed by atoms with E-state index in [0.717, 1.165) is 27.9 Å². The highest BCUT2D eigenvalue weighted by Crippen LogP contribution is 2.38. The molecule has 4 rings (SSSR count). The Hall–Kier alpha value is -2.84. The van der Waals surface area contributed by atoms with Crippen LogP contribution < -0.4 is 0 Å². The number of hydrogen-bond donors (Lipinski definition) is 1. The minimum atomic E-state index is 0.507. The van der Waals surface area contributed by atoms with Gasteiger partial charge in [0.15, 0.2) is 0 Å². The fourth-order valence-electron chi connectivity index (χ4n) is 3.86. The molecule has 0 unspecified atom stereocenters. The second-order valence-electron chi connectivity index (χ2n) is 7.64. The number of aromatic amines is 1. The van der Waals surface area contributed by atoms with Gasteiger partial charge in [-0.2, -0.15) is 5.10 Å². The van der Waals surface area contributed by atoms with Crippen molar-refractivity contribution in [3.8, 4) is 0 Å². The van der Waals surface area contributed by atoms with Gasteiger partial charge in [-0.25, -0.2) is 0 Å². The van der Waals surface area contributed by atoms with E-state index in [9.17, 15) is 0 Å². The Morgan fingerprint density at radius 3 is 2.38 bits per heavy atom.